The lowest BCUT2D eigenvalue weighted by Gasteiger charge is -2.34. The molecule has 0 aromatic carbocycles. The van der Waals surface area contributed by atoms with E-state index in [1.54, 1.807) is 0 Å². The van der Waals surface area contributed by atoms with Gasteiger partial charge in [-0.15, -0.1) is 0 Å². The molecule has 15 heavy (non-hydrogen) atoms. The molecular formula is C12H19NO2. The van der Waals surface area contributed by atoms with Crippen molar-refractivity contribution in [3.8, 4) is 0 Å². The lowest BCUT2D eigenvalue weighted by molar-refractivity contribution is -0.141. The third kappa shape index (κ3) is 1.32. The van der Waals surface area contributed by atoms with Gasteiger partial charge in [0.1, 0.15) is 0 Å². The number of hydrogen-bond donors (Lipinski definition) is 0. The molecule has 3 nitrogen and oxygen atoms in total. The molecular weight excluding hydrogens is 190 g/mol. The highest BCUT2D eigenvalue weighted by Gasteiger charge is 2.60. The topological polar surface area (TPSA) is 38.7 Å². The summed E-state index contributed by atoms with van der Waals surface area (Å²) in [5.41, 5.74) is 1.51. The van der Waals surface area contributed by atoms with Gasteiger partial charge in [0.05, 0.1) is 5.71 Å². The third-order valence-corrected chi connectivity index (χ3v) is 4.80. The second kappa shape index (κ2) is 3.06. The van der Waals surface area contributed by atoms with Crippen LogP contribution < -0.4 is 0 Å². The number of carbonyl (C=O) groups is 1. The van der Waals surface area contributed by atoms with Crippen LogP contribution in [0.5, 0.6) is 0 Å². The summed E-state index contributed by atoms with van der Waals surface area (Å²) in [7, 11) is 0. The van der Waals surface area contributed by atoms with Crippen molar-refractivity contribution in [3.63, 3.8) is 0 Å². The number of nitrogens with zero attached hydrogens (tertiary/aromatic N) is 1. The van der Waals surface area contributed by atoms with Gasteiger partial charge in [0.25, 0.3) is 0 Å². The van der Waals surface area contributed by atoms with Gasteiger partial charge in [-0.1, -0.05) is 25.9 Å². The summed E-state index contributed by atoms with van der Waals surface area (Å²) < 4.78 is 0. The maximum Gasteiger partial charge on any atom is 0.331 e. The lowest BCUT2D eigenvalue weighted by Crippen LogP contribution is -2.32. The number of hydrogen-bond acceptors (Lipinski definition) is 3. The summed E-state index contributed by atoms with van der Waals surface area (Å²) in [6.07, 6.45) is 3.45. The molecule has 2 atom stereocenters. The Bertz CT molecular complexity index is 333. The van der Waals surface area contributed by atoms with E-state index in [2.05, 4.69) is 25.9 Å². The maximum atomic E-state index is 10.7. The Morgan fingerprint density at radius 1 is 1.47 bits per heavy atom. The van der Waals surface area contributed by atoms with Crippen LogP contribution in [-0.2, 0) is 9.63 Å². The standard InChI is InChI=1S/C12H19NO2/c1-8(14)15-13-10-7-9-5-6-12(10,4)11(9,2)3/h9H,5-7H2,1-4H3/b13-10+. The van der Waals surface area contributed by atoms with Crippen LogP contribution in [0, 0.1) is 16.7 Å². The predicted molar refractivity (Wildman–Crippen MR) is 58.4 cm³/mol. The minimum Gasteiger partial charge on any atom is -0.319 e. The molecule has 0 aliphatic heterocycles. The highest BCUT2D eigenvalue weighted by atomic mass is 16.7. The number of fused-ring (bicyclic) bond motifs is 2. The SMILES string of the molecule is CC(=O)O/N=C1\CC2CCC1(C)C2(C)C. The monoisotopic (exact) mass is 209 g/mol. The zero-order valence-electron chi connectivity index (χ0n) is 9.96. The van der Waals surface area contributed by atoms with Crippen molar-refractivity contribution in [1.29, 1.82) is 0 Å². The van der Waals surface area contributed by atoms with Crippen molar-refractivity contribution in [1.82, 2.24) is 0 Å². The van der Waals surface area contributed by atoms with Gasteiger partial charge in [0.15, 0.2) is 0 Å². The molecule has 2 bridgehead atoms. The lowest BCUT2D eigenvalue weighted by atomic mass is 9.70. The first-order valence-electron chi connectivity index (χ1n) is 5.63. The van der Waals surface area contributed by atoms with Crippen molar-refractivity contribution in [3.05, 3.63) is 0 Å². The largest absolute Gasteiger partial charge is 0.331 e. The minimum absolute atomic E-state index is 0.132. The molecule has 0 aromatic heterocycles. The normalized spacial score (nSPS) is 39.7. The fourth-order valence-electron chi connectivity index (χ4n) is 3.19. The molecule has 0 spiro atoms. The molecule has 2 aliphatic carbocycles. The first-order valence-corrected chi connectivity index (χ1v) is 5.63. The molecule has 0 aromatic rings. The first kappa shape index (κ1) is 10.7. The van der Waals surface area contributed by atoms with E-state index < -0.39 is 0 Å². The van der Waals surface area contributed by atoms with E-state index in [1.807, 2.05) is 0 Å². The van der Waals surface area contributed by atoms with E-state index in [-0.39, 0.29) is 11.4 Å². The van der Waals surface area contributed by atoms with Gasteiger partial charge in [-0.05, 0) is 30.6 Å². The summed E-state index contributed by atoms with van der Waals surface area (Å²) in [5.74, 6) is 0.378. The highest BCUT2D eigenvalue weighted by Crippen LogP contribution is 2.63. The maximum absolute atomic E-state index is 10.7. The molecule has 2 unspecified atom stereocenters. The fraction of sp³-hybridized carbons (Fsp3) is 0.833. The molecule has 0 N–H and O–H groups in total. The predicted octanol–water partition coefficient (Wildman–Crippen LogP) is 2.75. The van der Waals surface area contributed by atoms with Gasteiger partial charge >= 0.3 is 5.97 Å². The molecule has 2 saturated carbocycles. The number of oxime groups is 1. The van der Waals surface area contributed by atoms with Gasteiger partial charge < -0.3 is 4.84 Å². The number of carbonyl (C=O) groups excluding carboxylic acids is 1. The third-order valence-electron chi connectivity index (χ3n) is 4.80. The fourth-order valence-corrected chi connectivity index (χ4v) is 3.19. The van der Waals surface area contributed by atoms with Gasteiger partial charge in [-0.2, -0.15) is 0 Å². The highest BCUT2D eigenvalue weighted by molar-refractivity contribution is 5.94. The molecule has 3 heteroatoms. The van der Waals surface area contributed by atoms with Crippen molar-refractivity contribution in [2.45, 2.75) is 47.0 Å². The summed E-state index contributed by atoms with van der Waals surface area (Å²) in [6, 6.07) is 0. The van der Waals surface area contributed by atoms with E-state index in [1.165, 1.54) is 19.8 Å². The van der Waals surface area contributed by atoms with Crippen LogP contribution >= 0.6 is 0 Å². The van der Waals surface area contributed by atoms with Crippen molar-refractivity contribution >= 4 is 11.7 Å². The van der Waals surface area contributed by atoms with E-state index in [4.69, 9.17) is 4.84 Å². The van der Waals surface area contributed by atoms with E-state index in [0.29, 0.717) is 11.3 Å². The quantitative estimate of drug-likeness (QED) is 0.492. The average molecular weight is 209 g/mol. The van der Waals surface area contributed by atoms with E-state index in [9.17, 15) is 4.79 Å². The molecule has 0 radical (unpaired) electrons. The Hall–Kier alpha value is -0.860. The zero-order valence-corrected chi connectivity index (χ0v) is 9.96. The molecule has 0 heterocycles. The molecule has 2 aliphatic rings. The Kier molecular flexibility index (Phi) is 2.18. The van der Waals surface area contributed by atoms with Crippen molar-refractivity contribution < 1.29 is 9.63 Å². The summed E-state index contributed by atoms with van der Waals surface area (Å²) >= 11 is 0. The summed E-state index contributed by atoms with van der Waals surface area (Å²) in [4.78, 5) is 15.5. The van der Waals surface area contributed by atoms with Crippen LogP contribution in [0.4, 0.5) is 0 Å². The van der Waals surface area contributed by atoms with Crippen molar-refractivity contribution in [2.75, 3.05) is 0 Å². The molecule has 2 fully saturated rings. The van der Waals surface area contributed by atoms with Gasteiger partial charge in [0.2, 0.25) is 0 Å². The van der Waals surface area contributed by atoms with Crippen LogP contribution in [0.15, 0.2) is 5.16 Å². The van der Waals surface area contributed by atoms with Gasteiger partial charge in [0, 0.05) is 12.3 Å². The van der Waals surface area contributed by atoms with E-state index in [0.717, 1.165) is 12.1 Å². The van der Waals surface area contributed by atoms with Crippen molar-refractivity contribution in [2.24, 2.45) is 21.9 Å². The summed E-state index contributed by atoms with van der Waals surface area (Å²) in [5, 5.41) is 4.04. The zero-order chi connectivity index (χ0) is 11.3. The second-order valence-electron chi connectivity index (χ2n) is 5.61. The minimum atomic E-state index is -0.327. The van der Waals surface area contributed by atoms with Crippen LogP contribution in [-0.4, -0.2) is 11.7 Å². The molecule has 2 rings (SSSR count). The average Bonchev–Trinajstić information content (AvgIpc) is 2.46. The Balaban J connectivity index is 2.26. The van der Waals surface area contributed by atoms with Crippen LogP contribution in [0.1, 0.15) is 47.0 Å². The molecule has 0 amide bonds. The van der Waals surface area contributed by atoms with Crippen LogP contribution in [0.3, 0.4) is 0 Å². The number of rotatable bonds is 1. The molecule has 0 saturated heterocycles. The summed E-state index contributed by atoms with van der Waals surface area (Å²) in [6.45, 7) is 8.26. The van der Waals surface area contributed by atoms with Crippen LogP contribution in [0.25, 0.3) is 0 Å². The van der Waals surface area contributed by atoms with Gasteiger partial charge in [-0.25, -0.2) is 4.79 Å². The second-order valence-corrected chi connectivity index (χ2v) is 5.61. The van der Waals surface area contributed by atoms with E-state index >= 15 is 0 Å². The van der Waals surface area contributed by atoms with Crippen LogP contribution in [0.2, 0.25) is 0 Å². The molecule has 84 valence electrons. The first-order chi connectivity index (χ1) is 6.88. The Morgan fingerprint density at radius 2 is 2.13 bits per heavy atom. The Morgan fingerprint density at radius 3 is 2.53 bits per heavy atom. The Labute approximate surface area is 90.9 Å². The van der Waals surface area contributed by atoms with Gasteiger partial charge in [-0.3, -0.25) is 0 Å². The smallest absolute Gasteiger partial charge is 0.319 e.